The Morgan fingerprint density at radius 3 is 2.54 bits per heavy atom. The van der Waals surface area contributed by atoms with E-state index < -0.39 is 0 Å². The maximum atomic E-state index is 6.08. The molecule has 0 unspecified atom stereocenters. The molecule has 0 aromatic carbocycles. The molecule has 0 aromatic rings. The third-order valence-electron chi connectivity index (χ3n) is 3.27. The highest BCUT2D eigenvalue weighted by atomic mass is 16.5. The van der Waals surface area contributed by atoms with Crippen molar-refractivity contribution in [3.05, 3.63) is 0 Å². The molecule has 1 saturated heterocycles. The molecule has 1 saturated carbocycles. The Morgan fingerprint density at radius 2 is 2.00 bits per heavy atom. The number of hydrogen-bond acceptors (Lipinski definition) is 3. The molecule has 1 heterocycles. The Labute approximate surface area is 80.2 Å². The van der Waals surface area contributed by atoms with Crippen LogP contribution in [0.1, 0.15) is 25.7 Å². The molecule has 0 spiro atoms. The first-order chi connectivity index (χ1) is 6.20. The predicted octanol–water partition coefficient (Wildman–Crippen LogP) is 0.588. The van der Waals surface area contributed by atoms with Gasteiger partial charge in [0.05, 0.1) is 0 Å². The zero-order valence-electron chi connectivity index (χ0n) is 8.46. The Kier molecular flexibility index (Phi) is 2.58. The van der Waals surface area contributed by atoms with Gasteiger partial charge in [-0.15, -0.1) is 0 Å². The van der Waals surface area contributed by atoms with E-state index in [0.717, 1.165) is 19.8 Å². The summed E-state index contributed by atoms with van der Waals surface area (Å²) < 4.78 is 5.34. The van der Waals surface area contributed by atoms with Crippen LogP contribution in [0.2, 0.25) is 0 Å². The molecule has 13 heavy (non-hydrogen) atoms. The molecule has 1 aliphatic heterocycles. The highest BCUT2D eigenvalue weighted by Crippen LogP contribution is 2.33. The fourth-order valence-electron chi connectivity index (χ4n) is 2.07. The van der Waals surface area contributed by atoms with Crippen molar-refractivity contribution in [2.45, 2.75) is 37.3 Å². The predicted molar refractivity (Wildman–Crippen MR) is 52.6 cm³/mol. The van der Waals surface area contributed by atoms with Gasteiger partial charge in [-0.25, -0.2) is 0 Å². The molecule has 76 valence electrons. The van der Waals surface area contributed by atoms with E-state index in [4.69, 9.17) is 10.5 Å². The van der Waals surface area contributed by atoms with Gasteiger partial charge in [-0.1, -0.05) is 0 Å². The molecule has 0 bridgehead atoms. The average Bonchev–Trinajstić information content (AvgIpc) is 2.85. The summed E-state index contributed by atoms with van der Waals surface area (Å²) in [5, 5.41) is 0. The number of nitrogens with two attached hydrogens (primary N) is 1. The van der Waals surface area contributed by atoms with E-state index in [1.807, 2.05) is 0 Å². The van der Waals surface area contributed by atoms with E-state index in [1.54, 1.807) is 0 Å². The standard InChI is InChI=1S/C10H20N2O/c1-12(8-10(11)4-5-10)9-2-6-13-7-3-9/h9H,2-8,11H2,1H3. The van der Waals surface area contributed by atoms with Crippen molar-refractivity contribution in [3.63, 3.8) is 0 Å². The van der Waals surface area contributed by atoms with Gasteiger partial charge in [0.15, 0.2) is 0 Å². The van der Waals surface area contributed by atoms with Crippen molar-refractivity contribution in [3.8, 4) is 0 Å². The summed E-state index contributed by atoms with van der Waals surface area (Å²) in [6.07, 6.45) is 4.76. The van der Waals surface area contributed by atoms with Gasteiger partial charge in [-0.05, 0) is 32.7 Å². The van der Waals surface area contributed by atoms with E-state index >= 15 is 0 Å². The topological polar surface area (TPSA) is 38.5 Å². The van der Waals surface area contributed by atoms with Crippen LogP contribution in [0.15, 0.2) is 0 Å². The second kappa shape index (κ2) is 3.56. The normalized spacial score (nSPS) is 27.9. The van der Waals surface area contributed by atoms with Crippen LogP contribution in [0.4, 0.5) is 0 Å². The van der Waals surface area contributed by atoms with Crippen LogP contribution < -0.4 is 5.73 Å². The minimum Gasteiger partial charge on any atom is -0.381 e. The molecule has 2 rings (SSSR count). The third-order valence-corrected chi connectivity index (χ3v) is 3.27. The van der Waals surface area contributed by atoms with Crippen LogP contribution >= 0.6 is 0 Å². The Hall–Kier alpha value is -0.120. The van der Waals surface area contributed by atoms with Gasteiger partial charge in [-0.2, -0.15) is 0 Å². The Bertz CT molecular complexity index is 174. The van der Waals surface area contributed by atoms with Crippen molar-refractivity contribution in [1.29, 1.82) is 0 Å². The molecule has 2 N–H and O–H groups in total. The molecule has 0 atom stereocenters. The molecule has 3 nitrogen and oxygen atoms in total. The minimum absolute atomic E-state index is 0.160. The summed E-state index contributed by atoms with van der Waals surface area (Å²) in [6.45, 7) is 2.91. The molecular formula is C10H20N2O. The molecule has 0 amide bonds. The first-order valence-corrected chi connectivity index (χ1v) is 5.26. The quantitative estimate of drug-likeness (QED) is 0.697. The van der Waals surface area contributed by atoms with Gasteiger partial charge >= 0.3 is 0 Å². The second-order valence-corrected chi connectivity index (χ2v) is 4.62. The molecule has 3 heteroatoms. The summed E-state index contributed by atoms with van der Waals surface area (Å²) in [7, 11) is 2.20. The van der Waals surface area contributed by atoms with Crippen LogP contribution in [-0.2, 0) is 4.74 Å². The molecule has 2 aliphatic rings. The van der Waals surface area contributed by atoms with Crippen molar-refractivity contribution in [2.24, 2.45) is 5.73 Å². The number of nitrogens with zero attached hydrogens (tertiary/aromatic N) is 1. The number of ether oxygens (including phenoxy) is 1. The van der Waals surface area contributed by atoms with Crippen LogP contribution in [0.5, 0.6) is 0 Å². The van der Waals surface area contributed by atoms with E-state index in [2.05, 4.69) is 11.9 Å². The molecule has 0 radical (unpaired) electrons. The van der Waals surface area contributed by atoms with E-state index in [1.165, 1.54) is 25.7 Å². The monoisotopic (exact) mass is 184 g/mol. The van der Waals surface area contributed by atoms with Gasteiger partial charge in [0, 0.05) is 31.3 Å². The zero-order chi connectivity index (χ0) is 9.31. The van der Waals surface area contributed by atoms with Gasteiger partial charge in [0.25, 0.3) is 0 Å². The van der Waals surface area contributed by atoms with Crippen LogP contribution in [0, 0.1) is 0 Å². The van der Waals surface area contributed by atoms with Crippen molar-refractivity contribution in [1.82, 2.24) is 4.90 Å². The summed E-state index contributed by atoms with van der Waals surface area (Å²) in [5.41, 5.74) is 6.24. The maximum absolute atomic E-state index is 6.08. The lowest BCUT2D eigenvalue weighted by Crippen LogP contribution is -2.44. The number of rotatable bonds is 3. The maximum Gasteiger partial charge on any atom is 0.0480 e. The molecule has 2 fully saturated rings. The number of likely N-dealkylation sites (N-methyl/N-ethyl adjacent to an activating group) is 1. The van der Waals surface area contributed by atoms with Gasteiger partial charge in [-0.3, -0.25) is 0 Å². The first kappa shape index (κ1) is 9.44. The molecular weight excluding hydrogens is 164 g/mol. The summed E-state index contributed by atoms with van der Waals surface area (Å²) in [5.74, 6) is 0. The van der Waals surface area contributed by atoms with Crippen molar-refractivity contribution < 1.29 is 4.74 Å². The lowest BCUT2D eigenvalue weighted by atomic mass is 10.1. The van der Waals surface area contributed by atoms with Gasteiger partial charge in [0.2, 0.25) is 0 Å². The minimum atomic E-state index is 0.160. The fraction of sp³-hybridized carbons (Fsp3) is 1.00. The highest BCUT2D eigenvalue weighted by Gasteiger charge is 2.40. The Balaban J connectivity index is 1.77. The van der Waals surface area contributed by atoms with E-state index in [-0.39, 0.29) is 5.54 Å². The van der Waals surface area contributed by atoms with E-state index in [9.17, 15) is 0 Å². The van der Waals surface area contributed by atoms with Crippen LogP contribution in [0.3, 0.4) is 0 Å². The smallest absolute Gasteiger partial charge is 0.0480 e. The largest absolute Gasteiger partial charge is 0.381 e. The zero-order valence-corrected chi connectivity index (χ0v) is 8.46. The molecule has 1 aliphatic carbocycles. The summed E-state index contributed by atoms with van der Waals surface area (Å²) in [4.78, 5) is 2.43. The van der Waals surface area contributed by atoms with Gasteiger partial charge in [0.1, 0.15) is 0 Å². The molecule has 0 aromatic heterocycles. The highest BCUT2D eigenvalue weighted by molar-refractivity contribution is 5.01. The average molecular weight is 184 g/mol. The fourth-order valence-corrected chi connectivity index (χ4v) is 2.07. The SMILES string of the molecule is CN(CC1(N)CC1)C1CCOCC1. The van der Waals surface area contributed by atoms with E-state index in [0.29, 0.717) is 6.04 Å². The van der Waals surface area contributed by atoms with Crippen LogP contribution in [-0.4, -0.2) is 43.3 Å². The number of hydrogen-bond donors (Lipinski definition) is 1. The lowest BCUT2D eigenvalue weighted by Gasteiger charge is -2.32. The Morgan fingerprint density at radius 1 is 1.38 bits per heavy atom. The second-order valence-electron chi connectivity index (χ2n) is 4.62. The van der Waals surface area contributed by atoms with Crippen LogP contribution in [0.25, 0.3) is 0 Å². The summed E-state index contributed by atoms with van der Waals surface area (Å²) >= 11 is 0. The lowest BCUT2D eigenvalue weighted by molar-refractivity contribution is 0.0405. The van der Waals surface area contributed by atoms with Gasteiger partial charge < -0.3 is 15.4 Å². The van der Waals surface area contributed by atoms with Crippen molar-refractivity contribution in [2.75, 3.05) is 26.8 Å². The first-order valence-electron chi connectivity index (χ1n) is 5.26. The third kappa shape index (κ3) is 2.42. The van der Waals surface area contributed by atoms with Crippen molar-refractivity contribution >= 4 is 0 Å². The summed E-state index contributed by atoms with van der Waals surface area (Å²) in [6, 6.07) is 0.703.